The van der Waals surface area contributed by atoms with Gasteiger partial charge < -0.3 is 19.9 Å². The number of para-hydroxylation sites is 3. The van der Waals surface area contributed by atoms with E-state index in [0.29, 0.717) is 6.54 Å². The Morgan fingerprint density at radius 2 is 1.25 bits per heavy atom. The average Bonchev–Trinajstić information content (AvgIpc) is 3.21. The van der Waals surface area contributed by atoms with Crippen molar-refractivity contribution < 1.29 is 30.6 Å². The van der Waals surface area contributed by atoms with Crippen molar-refractivity contribution >= 4 is 17.3 Å². The first-order valence-electron chi connectivity index (χ1n) is 11.8. The van der Waals surface area contributed by atoms with Crippen molar-refractivity contribution in [2.24, 2.45) is 0 Å². The van der Waals surface area contributed by atoms with Crippen LogP contribution in [0.1, 0.15) is 22.3 Å². The first-order valence-corrected chi connectivity index (χ1v) is 11.8. The van der Waals surface area contributed by atoms with Crippen LogP contribution in [0.3, 0.4) is 0 Å². The van der Waals surface area contributed by atoms with E-state index in [2.05, 4.69) is 39.8 Å². The summed E-state index contributed by atoms with van der Waals surface area (Å²) in [7, 11) is 0. The van der Waals surface area contributed by atoms with E-state index in [1.165, 1.54) is 16.7 Å². The number of aryl methyl sites for hydroxylation is 3. The van der Waals surface area contributed by atoms with Gasteiger partial charge in [0.1, 0.15) is 11.5 Å². The van der Waals surface area contributed by atoms with Crippen LogP contribution < -0.4 is 14.5 Å². The standard InChI is InChI=1S/C24H24N3O.C7H7.Hf/c1-17-15-18(2)23(19(3)16-17)27-14-13-26(24(27)25)21-11-7-8-12-22(21)28-20-9-5-4-6-10-20;1-7-5-3-2-4-6-7;/h4-12,15-16H,13-14H2,1-3H3;2-6H,1H2;/q2*-1;. The van der Waals surface area contributed by atoms with E-state index in [0.717, 1.165) is 35.0 Å². The average molecular weight is 640 g/mol. The van der Waals surface area contributed by atoms with Gasteiger partial charge in [0.15, 0.2) is 0 Å². The van der Waals surface area contributed by atoms with Gasteiger partial charge in [0.2, 0.25) is 0 Å². The first-order chi connectivity index (χ1) is 16.9. The van der Waals surface area contributed by atoms with Crippen LogP contribution in [0, 0.1) is 27.7 Å². The molecule has 0 spiro atoms. The van der Waals surface area contributed by atoms with Crippen LogP contribution in [0.2, 0.25) is 0 Å². The van der Waals surface area contributed by atoms with Crippen molar-refractivity contribution in [3.63, 3.8) is 0 Å². The minimum Gasteiger partial charge on any atom is -0.457 e. The van der Waals surface area contributed by atoms with Crippen molar-refractivity contribution in [2.75, 3.05) is 22.9 Å². The molecule has 1 saturated heterocycles. The fourth-order valence-corrected chi connectivity index (χ4v) is 4.44. The molecule has 0 aromatic heterocycles. The van der Waals surface area contributed by atoms with Crippen LogP contribution in [0.15, 0.2) is 97.1 Å². The molecule has 4 nitrogen and oxygen atoms in total. The van der Waals surface area contributed by atoms with E-state index in [1.807, 2.05) is 94.7 Å². The Bertz CT molecular complexity index is 1270. The Morgan fingerprint density at radius 3 is 1.83 bits per heavy atom. The molecule has 5 rings (SSSR count). The summed E-state index contributed by atoms with van der Waals surface area (Å²) in [4.78, 5) is 3.90. The molecular formula is C31H31HfN3O-2. The normalized spacial score (nSPS) is 12.5. The predicted molar refractivity (Wildman–Crippen MR) is 148 cm³/mol. The maximum atomic E-state index is 11.1. The number of rotatable bonds is 4. The zero-order chi connectivity index (χ0) is 24.8. The van der Waals surface area contributed by atoms with Crippen molar-refractivity contribution in [1.82, 2.24) is 0 Å². The topological polar surface area (TPSA) is 38.0 Å². The molecule has 4 aromatic carbocycles. The summed E-state index contributed by atoms with van der Waals surface area (Å²) in [6, 6.07) is 31.7. The molecule has 0 amide bonds. The number of hydrogen-bond donors (Lipinski definition) is 0. The van der Waals surface area contributed by atoms with Gasteiger partial charge >= 0.3 is 0 Å². The van der Waals surface area contributed by atoms with Crippen LogP contribution in [0.25, 0.3) is 5.41 Å². The number of anilines is 2. The van der Waals surface area contributed by atoms with Gasteiger partial charge in [0, 0.05) is 37.5 Å². The van der Waals surface area contributed by atoms with Gasteiger partial charge in [-0.15, -0.1) is 12.1 Å². The van der Waals surface area contributed by atoms with Gasteiger partial charge in [-0.3, -0.25) is 0 Å². The Labute approximate surface area is 233 Å². The third-order valence-corrected chi connectivity index (χ3v) is 5.91. The van der Waals surface area contributed by atoms with Gasteiger partial charge in [-0.05, 0) is 74.9 Å². The summed E-state index contributed by atoms with van der Waals surface area (Å²) in [5.74, 6) is 1.73. The molecule has 182 valence electrons. The number of hydrogen-bond acceptors (Lipinski definition) is 1. The summed E-state index contributed by atoms with van der Waals surface area (Å²) >= 11 is 0. The maximum Gasteiger partial charge on any atom is 0.136 e. The quantitative estimate of drug-likeness (QED) is 0.171. The molecule has 0 saturated carbocycles. The minimum atomic E-state index is 0. The van der Waals surface area contributed by atoms with Crippen molar-refractivity contribution in [3.05, 3.63) is 132 Å². The fraction of sp³-hybridized carbons (Fsp3) is 0.161. The van der Waals surface area contributed by atoms with Gasteiger partial charge in [-0.25, -0.2) is 0 Å². The summed E-state index contributed by atoms with van der Waals surface area (Å²) in [5, 5.41) is 11.1. The third kappa shape index (κ3) is 6.46. The second-order valence-corrected chi connectivity index (χ2v) is 8.72. The monoisotopic (exact) mass is 641 g/mol. The molecule has 0 atom stereocenters. The Hall–Kier alpha value is -3.31. The number of ether oxygens (including phenoxy) is 1. The number of nitrogens with zero attached hydrogens (tertiary/aromatic N) is 3. The zero-order valence-corrected chi connectivity index (χ0v) is 24.7. The third-order valence-electron chi connectivity index (χ3n) is 5.91. The summed E-state index contributed by atoms with van der Waals surface area (Å²) in [5.41, 5.74) is 6.57. The van der Waals surface area contributed by atoms with Crippen molar-refractivity contribution in [1.29, 1.82) is 0 Å². The van der Waals surface area contributed by atoms with Crippen LogP contribution in [0.4, 0.5) is 11.4 Å². The number of guanidine groups is 1. The zero-order valence-electron chi connectivity index (χ0n) is 21.1. The fourth-order valence-electron chi connectivity index (χ4n) is 4.44. The molecule has 0 bridgehead atoms. The summed E-state index contributed by atoms with van der Waals surface area (Å²) in [6.07, 6.45) is 0. The molecule has 36 heavy (non-hydrogen) atoms. The molecule has 1 aliphatic rings. The van der Waals surface area contributed by atoms with Crippen LogP contribution >= 0.6 is 0 Å². The Kier molecular flexibility index (Phi) is 9.54. The van der Waals surface area contributed by atoms with Gasteiger partial charge in [0.25, 0.3) is 0 Å². The molecule has 4 aromatic rings. The Morgan fingerprint density at radius 1 is 0.722 bits per heavy atom. The minimum absolute atomic E-state index is 0. The van der Waals surface area contributed by atoms with E-state index in [9.17, 15) is 5.41 Å². The first kappa shape index (κ1) is 27.3. The maximum absolute atomic E-state index is 11.1. The molecule has 0 radical (unpaired) electrons. The van der Waals surface area contributed by atoms with E-state index in [-0.39, 0.29) is 31.8 Å². The van der Waals surface area contributed by atoms with Crippen LogP contribution in [0.5, 0.6) is 11.5 Å². The molecule has 5 heteroatoms. The van der Waals surface area contributed by atoms with E-state index in [4.69, 9.17) is 4.74 Å². The van der Waals surface area contributed by atoms with E-state index in [1.54, 1.807) is 0 Å². The predicted octanol–water partition coefficient (Wildman–Crippen LogP) is 7.52. The van der Waals surface area contributed by atoms with Gasteiger partial charge in [-0.1, -0.05) is 54.1 Å². The molecule has 0 N–H and O–H groups in total. The van der Waals surface area contributed by atoms with Gasteiger partial charge in [0.05, 0.1) is 0 Å². The largest absolute Gasteiger partial charge is 0.457 e. The van der Waals surface area contributed by atoms with Crippen LogP contribution in [-0.2, 0) is 25.8 Å². The summed E-state index contributed by atoms with van der Waals surface area (Å²) in [6.45, 7) is 11.4. The summed E-state index contributed by atoms with van der Waals surface area (Å²) < 4.78 is 6.09. The van der Waals surface area contributed by atoms with Crippen LogP contribution in [-0.4, -0.2) is 19.0 Å². The molecule has 1 fully saturated rings. The van der Waals surface area contributed by atoms with Crippen molar-refractivity contribution in [2.45, 2.75) is 20.8 Å². The second-order valence-electron chi connectivity index (χ2n) is 8.72. The molecule has 1 heterocycles. The number of benzene rings is 4. The molecule has 0 unspecified atom stereocenters. The molecule has 1 aliphatic heterocycles. The second kappa shape index (κ2) is 12.6. The van der Waals surface area contributed by atoms with E-state index >= 15 is 0 Å². The SMILES string of the molecule is Cc1cc(C)c(N2CCN(c3ccccc3Oc3ccccc3)C2=[N-])c(C)c1.[CH2-]c1ccccc1.[Hf]. The van der Waals surface area contributed by atoms with Crippen molar-refractivity contribution in [3.8, 4) is 11.5 Å². The van der Waals surface area contributed by atoms with E-state index < -0.39 is 0 Å². The molecular weight excluding hydrogens is 609 g/mol. The molecule has 0 aliphatic carbocycles. The smallest absolute Gasteiger partial charge is 0.136 e. The Balaban J connectivity index is 0.000000391. The van der Waals surface area contributed by atoms with Gasteiger partial charge in [-0.2, -0.15) is 24.6 Å².